The Balaban J connectivity index is 1.54. The molecular formula is C32H44Cl2N6O4. The van der Waals surface area contributed by atoms with Gasteiger partial charge in [-0.05, 0) is 105 Å². The van der Waals surface area contributed by atoms with Crippen molar-refractivity contribution in [1.29, 1.82) is 0 Å². The van der Waals surface area contributed by atoms with Gasteiger partial charge in [0.25, 0.3) is 0 Å². The maximum absolute atomic E-state index is 13.2. The van der Waals surface area contributed by atoms with Crippen LogP contribution in [0.4, 0.5) is 11.6 Å². The smallest absolute Gasteiger partial charge is 0.334 e. The van der Waals surface area contributed by atoms with Gasteiger partial charge in [-0.2, -0.15) is 10.1 Å². The van der Waals surface area contributed by atoms with Gasteiger partial charge in [0.15, 0.2) is 11.6 Å². The standard InChI is InChI=1S/C32H44Cl2N6O4/c1-29(2)17-21(18-30(3,4)37-29)39(25-13-9-11-23(33)35-25)43-27(41)15-16-28(42)44-40(26-14-10-12-24(34)36-26)22-19-31(5,6)38-32(7,8)20-22/h9-16,21-22,37-38H,17-20H2,1-8H3/b16-15+. The van der Waals surface area contributed by atoms with Crippen LogP contribution >= 0.6 is 23.2 Å². The lowest BCUT2D eigenvalue weighted by Crippen LogP contribution is -2.62. The third-order valence-electron chi connectivity index (χ3n) is 7.59. The summed E-state index contributed by atoms with van der Waals surface area (Å²) in [6, 6.07) is 9.87. The molecule has 0 aromatic carbocycles. The molecule has 44 heavy (non-hydrogen) atoms. The van der Waals surface area contributed by atoms with Crippen LogP contribution in [0.25, 0.3) is 0 Å². The Labute approximate surface area is 270 Å². The molecule has 0 atom stereocenters. The molecule has 4 rings (SSSR count). The average molecular weight is 648 g/mol. The van der Waals surface area contributed by atoms with Gasteiger partial charge in [0.1, 0.15) is 10.3 Å². The van der Waals surface area contributed by atoms with Crippen molar-refractivity contribution in [3.05, 3.63) is 58.9 Å². The Morgan fingerprint density at radius 2 is 1.00 bits per heavy atom. The number of hydrogen-bond acceptors (Lipinski definition) is 10. The molecule has 2 aliphatic rings. The number of carbonyl (C=O) groups is 2. The van der Waals surface area contributed by atoms with Gasteiger partial charge in [0.05, 0.1) is 12.1 Å². The summed E-state index contributed by atoms with van der Waals surface area (Å²) >= 11 is 12.4. The number of hydroxylamine groups is 2. The fourth-order valence-corrected chi connectivity index (χ4v) is 7.24. The predicted octanol–water partition coefficient (Wildman–Crippen LogP) is 6.19. The largest absolute Gasteiger partial charge is 0.356 e. The highest BCUT2D eigenvalue weighted by Gasteiger charge is 2.43. The van der Waals surface area contributed by atoms with E-state index in [1.54, 1.807) is 36.4 Å². The van der Waals surface area contributed by atoms with Crippen LogP contribution in [0.15, 0.2) is 48.6 Å². The first-order chi connectivity index (χ1) is 20.3. The van der Waals surface area contributed by atoms with E-state index >= 15 is 0 Å². The molecule has 0 unspecified atom stereocenters. The number of rotatable bonds is 8. The minimum atomic E-state index is -0.755. The SMILES string of the molecule is CC1(C)CC(N(OC(=O)/C=C/C(=O)ON(c2cccc(Cl)n2)C2CC(C)(C)NC(C)(C)C2)c2cccc(Cl)n2)CC(C)(C)N1. The lowest BCUT2D eigenvalue weighted by atomic mass is 9.79. The summed E-state index contributed by atoms with van der Waals surface area (Å²) in [7, 11) is 0. The van der Waals surface area contributed by atoms with Crippen molar-refractivity contribution in [2.24, 2.45) is 0 Å². The van der Waals surface area contributed by atoms with E-state index in [-0.39, 0.29) is 44.5 Å². The monoisotopic (exact) mass is 646 g/mol. The highest BCUT2D eigenvalue weighted by Crippen LogP contribution is 2.35. The molecule has 2 aromatic heterocycles. The first-order valence-corrected chi connectivity index (χ1v) is 15.6. The fourth-order valence-electron chi connectivity index (χ4n) is 6.92. The van der Waals surface area contributed by atoms with Gasteiger partial charge in [-0.1, -0.05) is 35.3 Å². The Hall–Kier alpha value is -2.92. The van der Waals surface area contributed by atoms with Crippen LogP contribution in [0.5, 0.6) is 0 Å². The number of pyridine rings is 2. The van der Waals surface area contributed by atoms with Gasteiger partial charge in [-0.15, -0.1) is 0 Å². The molecule has 0 radical (unpaired) electrons. The quantitative estimate of drug-likeness (QED) is 0.196. The molecule has 2 saturated heterocycles. The van der Waals surface area contributed by atoms with Crippen LogP contribution < -0.4 is 20.8 Å². The first kappa shape index (κ1) is 34.0. The number of nitrogens with zero attached hydrogens (tertiary/aromatic N) is 4. The van der Waals surface area contributed by atoms with E-state index in [1.807, 2.05) is 0 Å². The lowest BCUT2D eigenvalue weighted by molar-refractivity contribution is -0.144. The maximum atomic E-state index is 13.2. The highest BCUT2D eigenvalue weighted by molar-refractivity contribution is 6.29. The lowest BCUT2D eigenvalue weighted by Gasteiger charge is -2.48. The normalized spacial score (nSPS) is 21.0. The second-order valence-electron chi connectivity index (χ2n) is 14.4. The molecule has 12 heteroatoms. The molecule has 2 aliphatic heterocycles. The third-order valence-corrected chi connectivity index (χ3v) is 8.01. The Morgan fingerprint density at radius 1 is 0.682 bits per heavy atom. The second kappa shape index (κ2) is 12.8. The van der Waals surface area contributed by atoms with Gasteiger partial charge in [-0.3, -0.25) is 0 Å². The minimum Gasteiger partial charge on any atom is -0.334 e. The number of halogens is 2. The molecule has 2 aromatic rings. The van der Waals surface area contributed by atoms with Crippen LogP contribution in [-0.2, 0) is 19.3 Å². The Kier molecular flexibility index (Phi) is 9.90. The van der Waals surface area contributed by atoms with E-state index in [4.69, 9.17) is 32.9 Å². The van der Waals surface area contributed by atoms with E-state index in [0.717, 1.165) is 12.2 Å². The number of nitrogens with one attached hydrogen (secondary N) is 2. The summed E-state index contributed by atoms with van der Waals surface area (Å²) < 4.78 is 0. The van der Waals surface area contributed by atoms with Crippen LogP contribution in [0, 0.1) is 0 Å². The van der Waals surface area contributed by atoms with E-state index in [1.165, 1.54) is 10.1 Å². The summed E-state index contributed by atoms with van der Waals surface area (Å²) in [5.74, 6) is -0.715. The molecule has 10 nitrogen and oxygen atoms in total. The third kappa shape index (κ3) is 9.30. The number of aromatic nitrogens is 2. The summed E-state index contributed by atoms with van der Waals surface area (Å²) in [6.07, 6.45) is 4.80. The van der Waals surface area contributed by atoms with Crippen molar-refractivity contribution in [2.75, 3.05) is 10.1 Å². The molecule has 2 N–H and O–H groups in total. The summed E-state index contributed by atoms with van der Waals surface area (Å²) in [5.41, 5.74) is -0.925. The van der Waals surface area contributed by atoms with Crippen molar-refractivity contribution in [3.63, 3.8) is 0 Å². The minimum absolute atomic E-state index is 0.201. The molecule has 2 fully saturated rings. The molecule has 0 aliphatic carbocycles. The average Bonchev–Trinajstić information content (AvgIpc) is 2.85. The molecule has 0 bridgehead atoms. The molecule has 0 spiro atoms. The fraction of sp³-hybridized carbons (Fsp3) is 0.562. The molecule has 4 heterocycles. The number of hydrogen-bond donors (Lipinski definition) is 2. The molecule has 240 valence electrons. The number of carbonyl (C=O) groups excluding carboxylic acids is 2. The van der Waals surface area contributed by atoms with Gasteiger partial charge < -0.3 is 20.3 Å². The highest BCUT2D eigenvalue weighted by atomic mass is 35.5. The summed E-state index contributed by atoms with van der Waals surface area (Å²) in [4.78, 5) is 46.8. The molecular weight excluding hydrogens is 603 g/mol. The van der Waals surface area contributed by atoms with Crippen molar-refractivity contribution in [1.82, 2.24) is 20.6 Å². The Morgan fingerprint density at radius 3 is 1.30 bits per heavy atom. The van der Waals surface area contributed by atoms with E-state index in [2.05, 4.69) is 76.0 Å². The zero-order valence-electron chi connectivity index (χ0n) is 26.8. The maximum Gasteiger partial charge on any atom is 0.356 e. The van der Waals surface area contributed by atoms with Gasteiger partial charge >= 0.3 is 11.9 Å². The zero-order valence-corrected chi connectivity index (χ0v) is 28.3. The van der Waals surface area contributed by atoms with Crippen LogP contribution in [0.3, 0.4) is 0 Å². The first-order valence-electron chi connectivity index (χ1n) is 14.9. The number of piperidine rings is 2. The van der Waals surface area contributed by atoms with E-state index < -0.39 is 11.9 Å². The van der Waals surface area contributed by atoms with Gasteiger partial charge in [-0.25, -0.2) is 19.6 Å². The van der Waals surface area contributed by atoms with E-state index in [0.29, 0.717) is 37.3 Å². The van der Waals surface area contributed by atoms with Crippen molar-refractivity contribution >= 4 is 46.8 Å². The van der Waals surface area contributed by atoms with Crippen LogP contribution in [-0.4, -0.2) is 56.1 Å². The summed E-state index contributed by atoms with van der Waals surface area (Å²) in [5, 5.41) is 10.8. The van der Waals surface area contributed by atoms with Gasteiger partial charge in [0, 0.05) is 34.3 Å². The van der Waals surface area contributed by atoms with Crippen molar-refractivity contribution < 1.29 is 19.3 Å². The second-order valence-corrected chi connectivity index (χ2v) is 15.1. The molecule has 0 amide bonds. The predicted molar refractivity (Wildman–Crippen MR) is 173 cm³/mol. The van der Waals surface area contributed by atoms with Crippen molar-refractivity contribution in [3.8, 4) is 0 Å². The molecule has 0 saturated carbocycles. The van der Waals surface area contributed by atoms with Crippen LogP contribution in [0.1, 0.15) is 81.1 Å². The summed E-state index contributed by atoms with van der Waals surface area (Å²) in [6.45, 7) is 16.8. The number of anilines is 2. The zero-order chi connectivity index (χ0) is 32.5. The topological polar surface area (TPSA) is 109 Å². The van der Waals surface area contributed by atoms with Crippen LogP contribution in [0.2, 0.25) is 10.3 Å². The van der Waals surface area contributed by atoms with Crippen molar-refractivity contribution in [2.45, 2.75) is 115 Å². The van der Waals surface area contributed by atoms with Gasteiger partial charge in [0.2, 0.25) is 0 Å². The van der Waals surface area contributed by atoms with E-state index in [9.17, 15) is 9.59 Å². The Bertz CT molecular complexity index is 1260.